The molecule has 3 heterocycles. The van der Waals surface area contributed by atoms with Gasteiger partial charge in [-0.25, -0.2) is 10.2 Å². The van der Waals surface area contributed by atoms with Crippen molar-refractivity contribution in [2.45, 2.75) is 40.0 Å². The van der Waals surface area contributed by atoms with Gasteiger partial charge in [-0.05, 0) is 65.7 Å². The zero-order valence-corrected chi connectivity index (χ0v) is 28.5. The fourth-order valence-electron chi connectivity index (χ4n) is 5.88. The van der Waals surface area contributed by atoms with E-state index in [2.05, 4.69) is 105 Å². The minimum absolute atomic E-state index is 0. The van der Waals surface area contributed by atoms with Crippen LogP contribution >= 0.6 is 0 Å². The number of para-hydroxylation sites is 2. The molecule has 0 bridgehead atoms. The Morgan fingerprint density at radius 1 is 0.848 bits per heavy atom. The quantitative estimate of drug-likeness (QED) is 0.164. The molecule has 4 aromatic carbocycles. The summed E-state index contributed by atoms with van der Waals surface area (Å²) in [6, 6.07) is 35.3. The van der Waals surface area contributed by atoms with E-state index in [1.165, 1.54) is 5.56 Å². The molecule has 7 heteroatoms. The van der Waals surface area contributed by atoms with Crippen molar-refractivity contribution in [1.29, 1.82) is 5.26 Å². The molecule has 0 amide bonds. The minimum atomic E-state index is -0.0302. The molecule has 228 valence electrons. The molecule has 0 aliphatic heterocycles. The predicted octanol–water partition coefficient (Wildman–Crippen LogP) is 9.21. The number of nitriles is 1. The molecule has 46 heavy (non-hydrogen) atoms. The van der Waals surface area contributed by atoms with Crippen molar-refractivity contribution in [2.24, 2.45) is 0 Å². The molecule has 7 rings (SSSR count). The summed E-state index contributed by atoms with van der Waals surface area (Å²) in [4.78, 5) is 9.42. The van der Waals surface area contributed by atoms with E-state index < -0.39 is 0 Å². The van der Waals surface area contributed by atoms with Crippen LogP contribution in [0.1, 0.15) is 43.0 Å². The van der Waals surface area contributed by atoms with Gasteiger partial charge in [-0.3, -0.25) is 4.98 Å². The van der Waals surface area contributed by atoms with Crippen LogP contribution in [-0.4, -0.2) is 19.1 Å². The molecule has 3 aromatic heterocycles. The van der Waals surface area contributed by atoms with Gasteiger partial charge in [0.2, 0.25) is 0 Å². The zero-order valence-electron chi connectivity index (χ0n) is 26.2. The Morgan fingerprint density at radius 3 is 2.39 bits per heavy atom. The molecule has 6 nitrogen and oxygen atoms in total. The third-order valence-corrected chi connectivity index (χ3v) is 8.20. The molecule has 0 radical (unpaired) electrons. The maximum absolute atomic E-state index is 9.93. The SMILES string of the molecule is Cc1cccc(C)c1-n1cnc(-c2[c-]c(Oc3[c-]c4c(cc3)c3ccccc3n4-c3cc(C(C)(C)C)ccn3)c(C#N)cc2)c1.[Pt+2]. The maximum atomic E-state index is 9.93. The summed E-state index contributed by atoms with van der Waals surface area (Å²) in [5.41, 5.74) is 8.30. The molecule has 0 saturated heterocycles. The average molecular weight is 781 g/mol. The van der Waals surface area contributed by atoms with Gasteiger partial charge >= 0.3 is 21.1 Å². The van der Waals surface area contributed by atoms with E-state index in [9.17, 15) is 5.26 Å². The Bertz CT molecular complexity index is 2260. The van der Waals surface area contributed by atoms with Crippen molar-refractivity contribution in [3.8, 4) is 40.3 Å². The van der Waals surface area contributed by atoms with Gasteiger partial charge < -0.3 is 13.9 Å². The van der Waals surface area contributed by atoms with Crippen LogP contribution in [0.3, 0.4) is 0 Å². The van der Waals surface area contributed by atoms with Crippen molar-refractivity contribution in [2.75, 3.05) is 0 Å². The van der Waals surface area contributed by atoms with Crippen molar-refractivity contribution < 1.29 is 25.8 Å². The minimum Gasteiger partial charge on any atom is -0.502 e. The first kappa shape index (κ1) is 31.0. The van der Waals surface area contributed by atoms with Crippen molar-refractivity contribution >= 4 is 21.8 Å². The number of aromatic nitrogens is 4. The number of hydrogen-bond acceptors (Lipinski definition) is 4. The summed E-state index contributed by atoms with van der Waals surface area (Å²) >= 11 is 0. The summed E-state index contributed by atoms with van der Waals surface area (Å²) < 4.78 is 10.5. The molecule has 0 saturated carbocycles. The molecule has 7 aromatic rings. The van der Waals surface area contributed by atoms with E-state index in [0.717, 1.165) is 55.7 Å². The predicted molar refractivity (Wildman–Crippen MR) is 178 cm³/mol. The smallest absolute Gasteiger partial charge is 0.502 e. The summed E-state index contributed by atoms with van der Waals surface area (Å²) in [5, 5.41) is 12.1. The van der Waals surface area contributed by atoms with E-state index in [1.54, 1.807) is 12.4 Å². The number of imidazole rings is 1. The number of nitrogens with zero attached hydrogens (tertiary/aromatic N) is 5. The van der Waals surface area contributed by atoms with E-state index in [1.807, 2.05) is 47.3 Å². The summed E-state index contributed by atoms with van der Waals surface area (Å²) in [6.45, 7) is 10.8. The van der Waals surface area contributed by atoms with Crippen LogP contribution in [0.2, 0.25) is 0 Å². The monoisotopic (exact) mass is 780 g/mol. The number of hydrogen-bond donors (Lipinski definition) is 0. The molecular weight excluding hydrogens is 750 g/mol. The summed E-state index contributed by atoms with van der Waals surface area (Å²) in [7, 11) is 0. The molecule has 0 N–H and O–H groups in total. The standard InChI is InChI=1S/C39H31N5O.Pt/c1-25-9-8-10-26(2)38(25)43-23-33(42-24-43)27-13-14-28(22-40)36(19-27)45-30-15-16-32-31-11-6-7-12-34(31)44(35(32)21-30)37-20-29(17-18-41-37)39(3,4)5;/h6-18,20,23-24H,1-5H3;/q-2;+2. The van der Waals surface area contributed by atoms with Gasteiger partial charge in [0.25, 0.3) is 0 Å². The van der Waals surface area contributed by atoms with Gasteiger partial charge in [0.1, 0.15) is 5.82 Å². The first-order valence-corrected chi connectivity index (χ1v) is 14.9. The molecule has 0 spiro atoms. The van der Waals surface area contributed by atoms with Crippen LogP contribution in [-0.2, 0) is 26.5 Å². The Kier molecular flexibility index (Phi) is 8.15. The van der Waals surface area contributed by atoms with Crippen molar-refractivity contribution in [3.63, 3.8) is 0 Å². The van der Waals surface area contributed by atoms with Crippen molar-refractivity contribution in [3.05, 3.63) is 132 Å². The third-order valence-electron chi connectivity index (χ3n) is 8.20. The zero-order chi connectivity index (χ0) is 31.3. The Morgan fingerprint density at radius 2 is 1.63 bits per heavy atom. The second-order valence-electron chi connectivity index (χ2n) is 12.3. The normalized spacial score (nSPS) is 11.4. The first-order valence-electron chi connectivity index (χ1n) is 14.9. The van der Waals surface area contributed by atoms with Gasteiger partial charge in [-0.15, -0.1) is 35.2 Å². The second kappa shape index (κ2) is 12.1. The van der Waals surface area contributed by atoms with Crippen molar-refractivity contribution in [1.82, 2.24) is 19.1 Å². The Hall–Kier alpha value is -4.98. The van der Waals surface area contributed by atoms with Crippen LogP contribution < -0.4 is 4.74 Å². The van der Waals surface area contributed by atoms with Crippen LogP contribution in [0.5, 0.6) is 11.5 Å². The number of fused-ring (bicyclic) bond motifs is 3. The fraction of sp³-hybridized carbons (Fsp3) is 0.154. The number of ether oxygens (including phenoxy) is 1. The van der Waals surface area contributed by atoms with Crippen LogP contribution in [0.4, 0.5) is 0 Å². The molecule has 0 atom stereocenters. The third kappa shape index (κ3) is 5.53. The molecule has 0 aliphatic carbocycles. The number of rotatable bonds is 5. The fourth-order valence-corrected chi connectivity index (χ4v) is 5.88. The van der Waals surface area contributed by atoms with Gasteiger partial charge in [0, 0.05) is 28.7 Å². The molecular formula is C39H31N5OPt. The number of benzene rings is 4. The van der Waals surface area contributed by atoms with Gasteiger partial charge in [0.05, 0.1) is 23.8 Å². The van der Waals surface area contributed by atoms with E-state index in [-0.39, 0.29) is 26.5 Å². The topological polar surface area (TPSA) is 68.7 Å². The Balaban J connectivity index is 0.00000372. The van der Waals surface area contributed by atoms with Gasteiger partial charge in [0.15, 0.2) is 0 Å². The first-order chi connectivity index (χ1) is 21.7. The van der Waals surface area contributed by atoms with Gasteiger partial charge in [-0.2, -0.15) is 6.07 Å². The van der Waals surface area contributed by atoms with Crippen LogP contribution in [0.15, 0.2) is 97.6 Å². The second-order valence-corrected chi connectivity index (χ2v) is 12.3. The summed E-state index contributed by atoms with van der Waals surface area (Å²) in [5.74, 6) is 1.61. The Labute approximate surface area is 283 Å². The van der Waals surface area contributed by atoms with E-state index >= 15 is 0 Å². The molecule has 0 fully saturated rings. The molecule has 0 aliphatic rings. The van der Waals surface area contributed by atoms with Crippen LogP contribution in [0, 0.1) is 37.3 Å². The summed E-state index contributed by atoms with van der Waals surface area (Å²) in [6.07, 6.45) is 5.64. The van der Waals surface area contributed by atoms with E-state index in [0.29, 0.717) is 17.1 Å². The van der Waals surface area contributed by atoms with E-state index in [4.69, 9.17) is 9.72 Å². The average Bonchev–Trinajstić information content (AvgIpc) is 3.64. The maximum Gasteiger partial charge on any atom is 2.00 e. The number of aryl methyl sites for hydroxylation is 2. The van der Waals surface area contributed by atoms with Crippen LogP contribution in [0.25, 0.3) is 44.6 Å². The largest absolute Gasteiger partial charge is 2.00 e. The van der Waals surface area contributed by atoms with Gasteiger partial charge in [-0.1, -0.05) is 68.8 Å². The molecule has 0 unspecified atom stereocenters. The number of pyridine rings is 1.